The van der Waals surface area contributed by atoms with Gasteiger partial charge in [-0.25, -0.2) is 4.79 Å². The minimum Gasteiger partial charge on any atom is -0.444 e. The van der Waals surface area contributed by atoms with Gasteiger partial charge in [-0.15, -0.1) is 0 Å². The van der Waals surface area contributed by atoms with Gasteiger partial charge in [0.25, 0.3) is 0 Å². The van der Waals surface area contributed by atoms with Crippen LogP contribution in [-0.2, 0) is 9.47 Å². The first-order chi connectivity index (χ1) is 8.35. The number of amides is 1. The molecule has 6 heteroatoms. The van der Waals surface area contributed by atoms with Gasteiger partial charge in [-0.1, -0.05) is 0 Å². The van der Waals surface area contributed by atoms with E-state index in [1.807, 2.05) is 20.8 Å². The minimum absolute atomic E-state index is 0.320. The van der Waals surface area contributed by atoms with Crippen LogP contribution in [0.5, 0.6) is 0 Å². The average molecular weight is 260 g/mol. The molecule has 1 aliphatic rings. The van der Waals surface area contributed by atoms with Crippen LogP contribution in [0.25, 0.3) is 0 Å². The van der Waals surface area contributed by atoms with E-state index < -0.39 is 17.8 Å². The standard InChI is InChI=1S/C12H24N2O4/c1-12(2,3)18-11(16)14-6-7-17-8-9(14)10(15)4-5-13/h9-10,15H,4-8,13H2,1-3H3/t9?,10-/m0/s1. The Morgan fingerprint density at radius 3 is 2.83 bits per heavy atom. The molecule has 1 heterocycles. The number of ether oxygens (including phenoxy) is 2. The maximum absolute atomic E-state index is 12.0. The van der Waals surface area contributed by atoms with Gasteiger partial charge in [-0.3, -0.25) is 4.90 Å². The van der Waals surface area contributed by atoms with Gasteiger partial charge in [-0.2, -0.15) is 0 Å². The SMILES string of the molecule is CC(C)(C)OC(=O)N1CCOCC1[C@@H](O)CCN. The quantitative estimate of drug-likeness (QED) is 0.764. The van der Waals surface area contributed by atoms with Crippen LogP contribution in [0.4, 0.5) is 4.79 Å². The van der Waals surface area contributed by atoms with Crippen molar-refractivity contribution in [3.63, 3.8) is 0 Å². The van der Waals surface area contributed by atoms with Gasteiger partial charge in [0.2, 0.25) is 0 Å². The van der Waals surface area contributed by atoms with Crippen molar-refractivity contribution in [2.75, 3.05) is 26.3 Å². The molecular formula is C12H24N2O4. The van der Waals surface area contributed by atoms with Crippen molar-refractivity contribution in [3.05, 3.63) is 0 Å². The summed E-state index contributed by atoms with van der Waals surface area (Å²) >= 11 is 0. The van der Waals surface area contributed by atoms with Crippen molar-refractivity contribution in [3.8, 4) is 0 Å². The van der Waals surface area contributed by atoms with Crippen LogP contribution in [0.2, 0.25) is 0 Å². The zero-order valence-corrected chi connectivity index (χ0v) is 11.4. The van der Waals surface area contributed by atoms with Crippen LogP contribution < -0.4 is 5.73 Å². The Morgan fingerprint density at radius 2 is 2.28 bits per heavy atom. The number of aliphatic hydroxyl groups is 1. The summed E-state index contributed by atoms with van der Waals surface area (Å²) in [6, 6.07) is -0.378. The number of hydrogen-bond acceptors (Lipinski definition) is 5. The zero-order valence-electron chi connectivity index (χ0n) is 11.4. The van der Waals surface area contributed by atoms with Crippen LogP contribution >= 0.6 is 0 Å². The first kappa shape index (κ1) is 15.2. The van der Waals surface area contributed by atoms with E-state index in [9.17, 15) is 9.90 Å². The van der Waals surface area contributed by atoms with Crippen LogP contribution in [-0.4, -0.2) is 60.1 Å². The topological polar surface area (TPSA) is 85.0 Å². The van der Waals surface area contributed by atoms with Gasteiger partial charge in [0, 0.05) is 6.54 Å². The van der Waals surface area contributed by atoms with E-state index >= 15 is 0 Å². The molecule has 6 nitrogen and oxygen atoms in total. The van der Waals surface area contributed by atoms with Crippen molar-refractivity contribution in [2.24, 2.45) is 5.73 Å². The number of carbonyl (C=O) groups excluding carboxylic acids is 1. The first-order valence-corrected chi connectivity index (χ1v) is 6.30. The molecule has 1 saturated heterocycles. The molecule has 0 aromatic heterocycles. The predicted octanol–water partition coefficient (Wildman–Crippen LogP) is 0.332. The Morgan fingerprint density at radius 1 is 1.61 bits per heavy atom. The van der Waals surface area contributed by atoms with Crippen molar-refractivity contribution < 1.29 is 19.4 Å². The number of morpholine rings is 1. The Labute approximate surface area is 108 Å². The molecule has 1 aliphatic heterocycles. The third-order valence-corrected chi connectivity index (χ3v) is 2.70. The molecule has 1 amide bonds. The summed E-state index contributed by atoms with van der Waals surface area (Å²) < 4.78 is 10.6. The number of hydrogen-bond donors (Lipinski definition) is 2. The third kappa shape index (κ3) is 4.44. The fourth-order valence-electron chi connectivity index (χ4n) is 1.85. The molecule has 2 atom stereocenters. The highest BCUT2D eigenvalue weighted by molar-refractivity contribution is 5.68. The van der Waals surface area contributed by atoms with Gasteiger partial charge in [0.05, 0.1) is 25.4 Å². The van der Waals surface area contributed by atoms with E-state index in [1.165, 1.54) is 4.90 Å². The second-order valence-electron chi connectivity index (χ2n) is 5.46. The van der Waals surface area contributed by atoms with E-state index in [0.717, 1.165) is 0 Å². The number of aliphatic hydroxyl groups excluding tert-OH is 1. The molecular weight excluding hydrogens is 236 g/mol. The fourth-order valence-corrected chi connectivity index (χ4v) is 1.85. The highest BCUT2D eigenvalue weighted by Gasteiger charge is 2.34. The van der Waals surface area contributed by atoms with Gasteiger partial charge in [0.1, 0.15) is 5.60 Å². The molecule has 18 heavy (non-hydrogen) atoms. The van der Waals surface area contributed by atoms with E-state index in [4.69, 9.17) is 15.2 Å². The van der Waals surface area contributed by atoms with Gasteiger partial charge < -0.3 is 20.3 Å². The second-order valence-corrected chi connectivity index (χ2v) is 5.46. The summed E-state index contributed by atoms with van der Waals surface area (Å²) in [7, 11) is 0. The third-order valence-electron chi connectivity index (χ3n) is 2.70. The van der Waals surface area contributed by atoms with E-state index in [-0.39, 0.29) is 6.04 Å². The van der Waals surface area contributed by atoms with E-state index in [1.54, 1.807) is 0 Å². The van der Waals surface area contributed by atoms with Gasteiger partial charge >= 0.3 is 6.09 Å². The molecule has 0 radical (unpaired) electrons. The maximum Gasteiger partial charge on any atom is 0.410 e. The summed E-state index contributed by atoms with van der Waals surface area (Å²) in [6.07, 6.45) is -0.650. The lowest BCUT2D eigenvalue weighted by molar-refractivity contribution is -0.0672. The van der Waals surface area contributed by atoms with Crippen LogP contribution in [0, 0.1) is 0 Å². The molecule has 1 fully saturated rings. The maximum atomic E-state index is 12.0. The molecule has 0 aliphatic carbocycles. The summed E-state index contributed by atoms with van der Waals surface area (Å²) in [6.45, 7) is 7.04. The Hall–Kier alpha value is -0.850. The number of carbonyl (C=O) groups is 1. The molecule has 0 aromatic carbocycles. The minimum atomic E-state index is -0.678. The normalized spacial score (nSPS) is 22.7. The molecule has 3 N–H and O–H groups in total. The lowest BCUT2D eigenvalue weighted by Crippen LogP contribution is -2.55. The largest absolute Gasteiger partial charge is 0.444 e. The smallest absolute Gasteiger partial charge is 0.410 e. The van der Waals surface area contributed by atoms with Gasteiger partial charge in [-0.05, 0) is 33.7 Å². The van der Waals surface area contributed by atoms with Crippen molar-refractivity contribution in [1.82, 2.24) is 4.90 Å². The molecule has 0 saturated carbocycles. The first-order valence-electron chi connectivity index (χ1n) is 6.30. The average Bonchev–Trinajstić information content (AvgIpc) is 2.27. The van der Waals surface area contributed by atoms with Crippen molar-refractivity contribution in [2.45, 2.75) is 44.9 Å². The Kier molecular flexibility index (Phi) is 5.37. The zero-order chi connectivity index (χ0) is 13.8. The molecule has 0 bridgehead atoms. The summed E-state index contributed by atoms with van der Waals surface area (Å²) in [5.74, 6) is 0. The molecule has 106 valence electrons. The van der Waals surface area contributed by atoms with Gasteiger partial charge in [0.15, 0.2) is 0 Å². The lowest BCUT2D eigenvalue weighted by Gasteiger charge is -2.38. The Balaban J connectivity index is 2.67. The van der Waals surface area contributed by atoms with Crippen LogP contribution in [0.15, 0.2) is 0 Å². The van der Waals surface area contributed by atoms with Crippen molar-refractivity contribution >= 4 is 6.09 Å². The van der Waals surface area contributed by atoms with E-state index in [0.29, 0.717) is 32.7 Å². The molecule has 1 rings (SSSR count). The number of nitrogens with two attached hydrogens (primary N) is 1. The molecule has 1 unspecified atom stereocenters. The predicted molar refractivity (Wildman–Crippen MR) is 67.2 cm³/mol. The fraction of sp³-hybridized carbons (Fsp3) is 0.917. The number of nitrogens with zero attached hydrogens (tertiary/aromatic N) is 1. The van der Waals surface area contributed by atoms with E-state index in [2.05, 4.69) is 0 Å². The number of rotatable bonds is 3. The monoisotopic (exact) mass is 260 g/mol. The lowest BCUT2D eigenvalue weighted by atomic mass is 10.1. The van der Waals surface area contributed by atoms with Crippen LogP contribution in [0.3, 0.4) is 0 Å². The molecule has 0 spiro atoms. The summed E-state index contributed by atoms with van der Waals surface area (Å²) in [5, 5.41) is 9.98. The second kappa shape index (κ2) is 6.36. The highest BCUT2D eigenvalue weighted by atomic mass is 16.6. The summed E-state index contributed by atoms with van der Waals surface area (Å²) in [5.41, 5.74) is 4.88. The van der Waals surface area contributed by atoms with Crippen molar-refractivity contribution in [1.29, 1.82) is 0 Å². The van der Waals surface area contributed by atoms with Crippen LogP contribution in [0.1, 0.15) is 27.2 Å². The Bertz CT molecular complexity index is 278. The molecule has 0 aromatic rings. The highest BCUT2D eigenvalue weighted by Crippen LogP contribution is 2.17. The summed E-state index contributed by atoms with van der Waals surface area (Å²) in [4.78, 5) is 13.6.